The maximum atomic E-state index is 4.24. The summed E-state index contributed by atoms with van der Waals surface area (Å²) in [5, 5.41) is 3.39. The van der Waals surface area contributed by atoms with Gasteiger partial charge < -0.3 is 5.32 Å². The van der Waals surface area contributed by atoms with Gasteiger partial charge in [0.15, 0.2) is 0 Å². The van der Waals surface area contributed by atoms with E-state index < -0.39 is 5.41 Å². The third-order valence-corrected chi connectivity index (χ3v) is 10.3. The van der Waals surface area contributed by atoms with Crippen molar-refractivity contribution in [3.63, 3.8) is 0 Å². The number of benzene rings is 3. The summed E-state index contributed by atoms with van der Waals surface area (Å²) in [6.45, 7) is 22.5. The first-order chi connectivity index (χ1) is 24.9. The Morgan fingerprint density at radius 3 is 2.20 bits per heavy atom. The molecule has 0 saturated heterocycles. The molecule has 51 heavy (non-hydrogen) atoms. The molecule has 0 saturated carbocycles. The zero-order chi connectivity index (χ0) is 37.0. The Kier molecular flexibility index (Phi) is 13.6. The van der Waals surface area contributed by atoms with Gasteiger partial charge in [-0.15, -0.1) is 6.58 Å². The zero-order valence-electron chi connectivity index (χ0n) is 32.4. The Morgan fingerprint density at radius 1 is 0.843 bits per heavy atom. The molecule has 3 aliphatic carbocycles. The van der Waals surface area contributed by atoms with Gasteiger partial charge in [0, 0.05) is 18.7 Å². The highest BCUT2D eigenvalue weighted by molar-refractivity contribution is 5.97. The fourth-order valence-electron chi connectivity index (χ4n) is 8.09. The van der Waals surface area contributed by atoms with Gasteiger partial charge in [0.1, 0.15) is 0 Å². The van der Waals surface area contributed by atoms with E-state index in [2.05, 4.69) is 175 Å². The van der Waals surface area contributed by atoms with Gasteiger partial charge in [0.25, 0.3) is 0 Å². The van der Waals surface area contributed by atoms with Crippen LogP contribution < -0.4 is 5.32 Å². The predicted molar refractivity (Wildman–Crippen MR) is 227 cm³/mol. The van der Waals surface area contributed by atoms with Gasteiger partial charge in [-0.05, 0) is 119 Å². The molecule has 0 heterocycles. The lowest BCUT2D eigenvalue weighted by molar-refractivity contribution is 0.591. The lowest BCUT2D eigenvalue weighted by Gasteiger charge is -2.36. The fourth-order valence-corrected chi connectivity index (χ4v) is 8.09. The Balaban J connectivity index is 0.000000909. The first-order valence-corrected chi connectivity index (χ1v) is 18.9. The predicted octanol–water partition coefficient (Wildman–Crippen LogP) is 13.9. The van der Waals surface area contributed by atoms with Crippen LogP contribution in [0.25, 0.3) is 27.8 Å². The fraction of sp³-hybridized carbons (Fsp3) is 0.280. The molecule has 1 heteroatoms. The molecule has 0 spiro atoms. The van der Waals surface area contributed by atoms with Crippen molar-refractivity contribution < 1.29 is 0 Å². The molecule has 3 aromatic rings. The minimum atomic E-state index is -0.414. The van der Waals surface area contributed by atoms with Gasteiger partial charge in [-0.3, -0.25) is 0 Å². The van der Waals surface area contributed by atoms with E-state index in [9.17, 15) is 0 Å². The Hall–Kier alpha value is -4.88. The maximum absolute atomic E-state index is 4.24. The largest absolute Gasteiger partial charge is 0.394 e. The van der Waals surface area contributed by atoms with E-state index >= 15 is 0 Å². The van der Waals surface area contributed by atoms with Crippen LogP contribution in [-0.2, 0) is 10.8 Å². The van der Waals surface area contributed by atoms with E-state index in [1.165, 1.54) is 66.8 Å². The van der Waals surface area contributed by atoms with Crippen LogP contribution >= 0.6 is 0 Å². The quantitative estimate of drug-likeness (QED) is 0.167. The summed E-state index contributed by atoms with van der Waals surface area (Å²) in [5.74, 6) is 0. The summed E-state index contributed by atoms with van der Waals surface area (Å²) >= 11 is 0. The Bertz CT molecular complexity index is 1930. The summed E-state index contributed by atoms with van der Waals surface area (Å²) < 4.78 is 0. The second-order valence-corrected chi connectivity index (χ2v) is 13.1. The zero-order valence-corrected chi connectivity index (χ0v) is 32.4. The molecule has 0 aliphatic heterocycles. The van der Waals surface area contributed by atoms with Crippen LogP contribution in [0, 0.1) is 0 Å². The van der Waals surface area contributed by atoms with Crippen LogP contribution in [-0.4, -0.2) is 7.05 Å². The normalized spacial score (nSPS) is 20.3. The third-order valence-electron chi connectivity index (χ3n) is 10.3. The van der Waals surface area contributed by atoms with Gasteiger partial charge in [-0.2, -0.15) is 0 Å². The average molecular weight is 674 g/mol. The summed E-state index contributed by atoms with van der Waals surface area (Å²) in [4.78, 5) is 0. The highest BCUT2D eigenvalue weighted by Gasteiger charge is 2.48. The first kappa shape index (κ1) is 38.9. The average Bonchev–Trinajstić information content (AvgIpc) is 3.61. The van der Waals surface area contributed by atoms with Crippen molar-refractivity contribution in [3.05, 3.63) is 186 Å². The van der Waals surface area contributed by atoms with Crippen molar-refractivity contribution in [2.75, 3.05) is 7.05 Å². The van der Waals surface area contributed by atoms with Crippen LogP contribution in [0.2, 0.25) is 0 Å². The molecule has 0 aromatic heterocycles. The van der Waals surface area contributed by atoms with E-state index in [0.717, 1.165) is 25.7 Å². The number of allylic oxidation sites excluding steroid dienone is 15. The van der Waals surface area contributed by atoms with Crippen molar-refractivity contribution in [3.8, 4) is 22.3 Å². The maximum Gasteiger partial charge on any atom is 0.0724 e. The number of rotatable bonds is 10. The van der Waals surface area contributed by atoms with Crippen LogP contribution in [0.4, 0.5) is 0 Å². The summed E-state index contributed by atoms with van der Waals surface area (Å²) in [7, 11) is 2.00. The van der Waals surface area contributed by atoms with Crippen LogP contribution in [0.3, 0.4) is 0 Å². The number of hydrogen-bond acceptors (Lipinski definition) is 1. The smallest absolute Gasteiger partial charge is 0.0724 e. The number of fused-ring (bicyclic) bond motifs is 4. The van der Waals surface area contributed by atoms with Crippen LogP contribution in [0.15, 0.2) is 164 Å². The third kappa shape index (κ3) is 6.92. The lowest BCUT2D eigenvalue weighted by Crippen LogP contribution is -2.31. The Morgan fingerprint density at radius 2 is 1.57 bits per heavy atom. The summed E-state index contributed by atoms with van der Waals surface area (Å²) in [5.41, 5.74) is 15.2. The summed E-state index contributed by atoms with van der Waals surface area (Å²) in [6.07, 6.45) is 30.8. The molecular weight excluding hydrogens is 615 g/mol. The van der Waals surface area contributed by atoms with Crippen molar-refractivity contribution in [1.82, 2.24) is 5.32 Å². The molecule has 0 amide bonds. The van der Waals surface area contributed by atoms with Gasteiger partial charge in [0.05, 0.1) is 5.41 Å². The van der Waals surface area contributed by atoms with Crippen molar-refractivity contribution in [1.29, 1.82) is 0 Å². The SMILES string of the molecule is C=CC1=C(/C=C\C)C(C)(C/C=C\C)c2cc(-c3cccc4c3-c3ccccc3C4(C3=CCCC=C3)C(/C=C\C)=C/NC)ccc21.C=CCC.CC. The second kappa shape index (κ2) is 17.9. The summed E-state index contributed by atoms with van der Waals surface area (Å²) in [6, 6.07) is 23.1. The van der Waals surface area contributed by atoms with Crippen molar-refractivity contribution in [2.45, 2.75) is 85.0 Å². The van der Waals surface area contributed by atoms with Gasteiger partial charge in [0.2, 0.25) is 0 Å². The molecule has 2 atom stereocenters. The molecule has 264 valence electrons. The van der Waals surface area contributed by atoms with Crippen LogP contribution in [0.1, 0.15) is 96.4 Å². The first-order valence-electron chi connectivity index (χ1n) is 18.9. The van der Waals surface area contributed by atoms with Gasteiger partial charge in [-0.25, -0.2) is 0 Å². The highest BCUT2D eigenvalue weighted by atomic mass is 14.8. The Labute approximate surface area is 310 Å². The molecule has 0 fully saturated rings. The molecule has 1 nitrogen and oxygen atoms in total. The molecule has 2 unspecified atom stereocenters. The van der Waals surface area contributed by atoms with Gasteiger partial charge >= 0.3 is 0 Å². The molecule has 0 bridgehead atoms. The number of hydrogen-bond donors (Lipinski definition) is 1. The van der Waals surface area contributed by atoms with Crippen LogP contribution in [0.5, 0.6) is 0 Å². The van der Waals surface area contributed by atoms with E-state index in [4.69, 9.17) is 0 Å². The van der Waals surface area contributed by atoms with Crippen molar-refractivity contribution in [2.24, 2.45) is 0 Å². The second-order valence-electron chi connectivity index (χ2n) is 13.1. The van der Waals surface area contributed by atoms with E-state index in [-0.39, 0.29) is 5.41 Å². The molecule has 3 aliphatic rings. The highest BCUT2D eigenvalue weighted by Crippen LogP contribution is 2.60. The van der Waals surface area contributed by atoms with Gasteiger partial charge in [-0.1, -0.05) is 156 Å². The van der Waals surface area contributed by atoms with E-state index in [1.807, 2.05) is 33.0 Å². The van der Waals surface area contributed by atoms with Crippen molar-refractivity contribution >= 4 is 5.57 Å². The van der Waals surface area contributed by atoms with E-state index in [1.54, 1.807) is 0 Å². The standard InChI is InChI=1S/C44H45N.C4H8.C2H6/c1-7-11-28-43(5)38(19-9-3)34(10-4)36-27-26-31(29-41(36)43)35-23-17-25-40-42(35)37-22-15-16-24-39(37)44(40,32-20-13-12-14-21-32)33(18-8-2)30-45-6;1-3-4-2;1-2/h7-11,13,15-27,29-30,45H,4,12,14,28H2,1-3,5-6H3;3H,1,4H2,2H3;1-2H3/b11-7-,18-8-,19-9-,33-30+;;. The molecular formula is C50H59N. The van der Waals surface area contributed by atoms with E-state index in [0.29, 0.717) is 0 Å². The molecule has 6 rings (SSSR count). The number of nitrogens with one attached hydrogen (secondary N) is 1. The lowest BCUT2D eigenvalue weighted by atomic mass is 9.65. The molecule has 0 radical (unpaired) electrons. The minimum absolute atomic E-state index is 0.139. The topological polar surface area (TPSA) is 12.0 Å². The minimum Gasteiger partial charge on any atom is -0.394 e. The monoisotopic (exact) mass is 673 g/mol. The molecule has 3 aromatic carbocycles. The molecule has 1 N–H and O–H groups in total.